The normalized spacial score (nSPS) is 11.0. The second kappa shape index (κ2) is 3.04. The number of aromatic nitrogens is 2. The Hall–Kier alpha value is -1.02. The van der Waals surface area contributed by atoms with E-state index in [2.05, 4.69) is 17.1 Å². The molecule has 0 spiro atoms. The smallest absolute Gasteiger partial charge is 0.0967 e. The van der Waals surface area contributed by atoms with Crippen molar-refractivity contribution in [2.24, 2.45) is 0 Å². The molecule has 68 valence electrons. The van der Waals surface area contributed by atoms with Crippen molar-refractivity contribution >= 4 is 22.5 Å². The quantitative estimate of drug-likeness (QED) is 0.743. The minimum atomic E-state index is 0.779. The lowest BCUT2D eigenvalue weighted by Gasteiger charge is -1.97. The number of hydrogen-bond acceptors (Lipinski definition) is 1. The van der Waals surface area contributed by atoms with E-state index in [0.29, 0.717) is 0 Å². The van der Waals surface area contributed by atoms with Crippen LogP contribution in [0.1, 0.15) is 18.2 Å². The van der Waals surface area contributed by atoms with Crippen LogP contribution in [0.25, 0.3) is 10.9 Å². The summed E-state index contributed by atoms with van der Waals surface area (Å²) in [5.74, 6) is 0. The van der Waals surface area contributed by atoms with Crippen LogP contribution in [0, 0.1) is 6.92 Å². The maximum absolute atomic E-state index is 5.99. The first-order valence-electron chi connectivity index (χ1n) is 4.36. The molecule has 0 fully saturated rings. The molecule has 0 aliphatic rings. The Balaban J connectivity index is 2.81. The van der Waals surface area contributed by atoms with Gasteiger partial charge in [0.05, 0.1) is 5.52 Å². The molecular weight excluding hydrogens is 184 g/mol. The van der Waals surface area contributed by atoms with Gasteiger partial charge in [0.25, 0.3) is 0 Å². The van der Waals surface area contributed by atoms with E-state index < -0.39 is 0 Å². The van der Waals surface area contributed by atoms with E-state index in [9.17, 15) is 0 Å². The van der Waals surface area contributed by atoms with Gasteiger partial charge in [0.2, 0.25) is 0 Å². The number of hydrogen-bond donors (Lipinski definition) is 1. The van der Waals surface area contributed by atoms with Crippen molar-refractivity contribution in [2.75, 3.05) is 0 Å². The summed E-state index contributed by atoms with van der Waals surface area (Å²) >= 11 is 5.99. The van der Waals surface area contributed by atoms with Crippen LogP contribution in [0.2, 0.25) is 5.02 Å². The lowest BCUT2D eigenvalue weighted by Crippen LogP contribution is -1.80. The van der Waals surface area contributed by atoms with Crippen molar-refractivity contribution in [3.8, 4) is 0 Å². The van der Waals surface area contributed by atoms with Crippen LogP contribution in [0.15, 0.2) is 12.1 Å². The molecule has 0 amide bonds. The van der Waals surface area contributed by atoms with Gasteiger partial charge in [-0.05, 0) is 31.0 Å². The van der Waals surface area contributed by atoms with Gasteiger partial charge in [-0.2, -0.15) is 5.10 Å². The molecule has 0 aliphatic carbocycles. The Morgan fingerprint density at radius 3 is 2.92 bits per heavy atom. The summed E-state index contributed by atoms with van der Waals surface area (Å²) in [4.78, 5) is 0. The fourth-order valence-corrected chi connectivity index (χ4v) is 1.67. The Bertz CT molecular complexity index is 445. The van der Waals surface area contributed by atoms with Crippen LogP contribution < -0.4 is 0 Å². The summed E-state index contributed by atoms with van der Waals surface area (Å²) in [6, 6.07) is 3.95. The molecule has 13 heavy (non-hydrogen) atoms. The number of H-pyrrole nitrogens is 1. The molecule has 0 atom stereocenters. The van der Waals surface area contributed by atoms with Crippen LogP contribution in [0.4, 0.5) is 0 Å². The van der Waals surface area contributed by atoms with E-state index >= 15 is 0 Å². The second-order valence-electron chi connectivity index (χ2n) is 3.12. The van der Waals surface area contributed by atoms with E-state index in [1.54, 1.807) is 0 Å². The third kappa shape index (κ3) is 1.22. The first-order chi connectivity index (χ1) is 6.24. The predicted octanol–water partition coefficient (Wildman–Crippen LogP) is 3.09. The van der Waals surface area contributed by atoms with Gasteiger partial charge in [-0.15, -0.1) is 0 Å². The van der Waals surface area contributed by atoms with Gasteiger partial charge in [0.15, 0.2) is 0 Å². The van der Waals surface area contributed by atoms with Crippen molar-refractivity contribution in [1.29, 1.82) is 0 Å². The Labute approximate surface area is 81.9 Å². The second-order valence-corrected chi connectivity index (χ2v) is 3.53. The third-order valence-electron chi connectivity index (χ3n) is 2.35. The largest absolute Gasteiger partial charge is 0.281 e. The number of nitrogens with zero attached hydrogens (tertiary/aromatic N) is 1. The minimum absolute atomic E-state index is 0.779. The molecule has 1 aromatic carbocycles. The molecule has 1 aromatic heterocycles. The van der Waals surface area contributed by atoms with E-state index in [1.165, 1.54) is 11.1 Å². The molecule has 0 saturated carbocycles. The first-order valence-corrected chi connectivity index (χ1v) is 4.74. The van der Waals surface area contributed by atoms with Crippen LogP contribution >= 0.6 is 11.6 Å². The molecule has 3 heteroatoms. The van der Waals surface area contributed by atoms with Crippen LogP contribution in [0.5, 0.6) is 0 Å². The predicted molar refractivity (Wildman–Crippen MR) is 55.2 cm³/mol. The summed E-state index contributed by atoms with van der Waals surface area (Å²) in [5, 5.41) is 9.23. The number of aryl methyl sites for hydroxylation is 2. The summed E-state index contributed by atoms with van der Waals surface area (Å²) in [6.07, 6.45) is 0.970. The maximum atomic E-state index is 5.99. The Morgan fingerprint density at radius 1 is 1.46 bits per heavy atom. The average molecular weight is 195 g/mol. The lowest BCUT2D eigenvalue weighted by atomic mass is 10.1. The third-order valence-corrected chi connectivity index (χ3v) is 2.76. The zero-order valence-corrected chi connectivity index (χ0v) is 8.44. The fourth-order valence-electron chi connectivity index (χ4n) is 1.52. The highest BCUT2D eigenvalue weighted by atomic mass is 35.5. The molecule has 0 radical (unpaired) electrons. The number of benzene rings is 1. The topological polar surface area (TPSA) is 28.7 Å². The van der Waals surface area contributed by atoms with E-state index in [0.717, 1.165) is 22.5 Å². The van der Waals surface area contributed by atoms with Crippen LogP contribution in [0.3, 0.4) is 0 Å². The number of aromatic amines is 1. The first kappa shape index (κ1) is 8.57. The molecule has 2 aromatic rings. The highest BCUT2D eigenvalue weighted by Gasteiger charge is 2.07. The van der Waals surface area contributed by atoms with E-state index in [1.807, 2.05) is 19.1 Å². The Morgan fingerprint density at radius 2 is 2.23 bits per heavy atom. The standard InChI is InChI=1S/C10H11ClN2/c1-3-9-7-4-5-8(11)6(2)10(7)13-12-9/h4-5H,3H2,1-2H3,(H,12,13). The van der Waals surface area contributed by atoms with Crippen molar-refractivity contribution in [1.82, 2.24) is 10.2 Å². The molecule has 1 N–H and O–H groups in total. The van der Waals surface area contributed by atoms with Crippen LogP contribution in [-0.4, -0.2) is 10.2 Å². The zero-order chi connectivity index (χ0) is 9.42. The highest BCUT2D eigenvalue weighted by Crippen LogP contribution is 2.25. The van der Waals surface area contributed by atoms with Gasteiger partial charge in [0, 0.05) is 16.1 Å². The zero-order valence-electron chi connectivity index (χ0n) is 7.69. The molecule has 0 saturated heterocycles. The number of nitrogens with one attached hydrogen (secondary N) is 1. The molecule has 0 unspecified atom stereocenters. The van der Waals surface area contributed by atoms with E-state index in [-0.39, 0.29) is 0 Å². The lowest BCUT2D eigenvalue weighted by molar-refractivity contribution is 0.987. The van der Waals surface area contributed by atoms with Gasteiger partial charge in [-0.1, -0.05) is 18.5 Å². The van der Waals surface area contributed by atoms with Crippen molar-refractivity contribution < 1.29 is 0 Å². The molecule has 0 bridgehead atoms. The average Bonchev–Trinajstić information content (AvgIpc) is 2.55. The summed E-state index contributed by atoms with van der Waals surface area (Å²) in [5.41, 5.74) is 3.22. The monoisotopic (exact) mass is 194 g/mol. The number of fused-ring (bicyclic) bond motifs is 1. The molecule has 2 nitrogen and oxygen atoms in total. The molecular formula is C10H11ClN2. The van der Waals surface area contributed by atoms with Crippen LogP contribution in [-0.2, 0) is 6.42 Å². The molecule has 2 rings (SSSR count). The van der Waals surface area contributed by atoms with Gasteiger partial charge in [0.1, 0.15) is 0 Å². The van der Waals surface area contributed by atoms with Gasteiger partial charge in [-0.25, -0.2) is 0 Å². The highest BCUT2D eigenvalue weighted by molar-refractivity contribution is 6.32. The van der Waals surface area contributed by atoms with E-state index in [4.69, 9.17) is 11.6 Å². The summed E-state index contributed by atoms with van der Waals surface area (Å²) in [7, 11) is 0. The Kier molecular flexibility index (Phi) is 2.00. The summed E-state index contributed by atoms with van der Waals surface area (Å²) < 4.78 is 0. The minimum Gasteiger partial charge on any atom is -0.281 e. The molecule has 0 aliphatic heterocycles. The van der Waals surface area contributed by atoms with Gasteiger partial charge >= 0.3 is 0 Å². The van der Waals surface area contributed by atoms with Gasteiger partial charge in [-0.3, -0.25) is 5.10 Å². The SMILES string of the molecule is CCc1[nH]nc2c(C)c(Cl)ccc12. The van der Waals surface area contributed by atoms with Crippen molar-refractivity contribution in [2.45, 2.75) is 20.3 Å². The number of rotatable bonds is 1. The fraction of sp³-hybridized carbons (Fsp3) is 0.300. The summed E-state index contributed by atoms with van der Waals surface area (Å²) in [6.45, 7) is 4.10. The van der Waals surface area contributed by atoms with Crippen molar-refractivity contribution in [3.05, 3.63) is 28.4 Å². The maximum Gasteiger partial charge on any atom is 0.0967 e. The van der Waals surface area contributed by atoms with Crippen molar-refractivity contribution in [3.63, 3.8) is 0 Å². The van der Waals surface area contributed by atoms with Gasteiger partial charge < -0.3 is 0 Å². The number of halogens is 1. The molecule has 1 heterocycles.